The van der Waals surface area contributed by atoms with Gasteiger partial charge in [0.15, 0.2) is 0 Å². The van der Waals surface area contributed by atoms with Crippen LogP contribution in [0.3, 0.4) is 0 Å². The quantitative estimate of drug-likeness (QED) is 0.527. The molecule has 1 aliphatic carbocycles. The third-order valence-corrected chi connectivity index (χ3v) is 8.36. The van der Waals surface area contributed by atoms with Gasteiger partial charge >= 0.3 is 6.03 Å². The first kappa shape index (κ1) is 25.5. The molecule has 2 amide bonds. The summed E-state index contributed by atoms with van der Waals surface area (Å²) < 4.78 is 11.1. The van der Waals surface area contributed by atoms with Crippen LogP contribution >= 0.6 is 0 Å². The van der Waals surface area contributed by atoms with Crippen molar-refractivity contribution < 1.29 is 14.3 Å². The molecule has 0 atom stereocenters. The number of carbonyl (C=O) groups is 1. The van der Waals surface area contributed by atoms with Gasteiger partial charge in [0.25, 0.3) is 0 Å². The molecule has 190 valence electrons. The summed E-state index contributed by atoms with van der Waals surface area (Å²) in [5.41, 5.74) is 1.87. The molecule has 2 aliphatic rings. The van der Waals surface area contributed by atoms with Gasteiger partial charge < -0.3 is 19.3 Å². The van der Waals surface area contributed by atoms with Gasteiger partial charge in [-0.3, -0.25) is 4.90 Å². The van der Waals surface area contributed by atoms with Crippen molar-refractivity contribution >= 4 is 6.03 Å². The Morgan fingerprint density at radius 1 is 0.943 bits per heavy atom. The lowest BCUT2D eigenvalue weighted by Crippen LogP contribution is -2.57. The number of methoxy groups -OCH3 is 2. The molecular formula is C29H41N3O3. The summed E-state index contributed by atoms with van der Waals surface area (Å²) in [6.45, 7) is 6.07. The van der Waals surface area contributed by atoms with Crippen molar-refractivity contribution in [3.8, 4) is 5.75 Å². The van der Waals surface area contributed by atoms with Crippen LogP contribution in [0.2, 0.25) is 0 Å². The van der Waals surface area contributed by atoms with Crippen molar-refractivity contribution in [2.24, 2.45) is 0 Å². The zero-order valence-corrected chi connectivity index (χ0v) is 22.2. The Kier molecular flexibility index (Phi) is 7.16. The Morgan fingerprint density at radius 3 is 2.11 bits per heavy atom. The zero-order valence-electron chi connectivity index (χ0n) is 22.2. The van der Waals surface area contributed by atoms with E-state index >= 15 is 0 Å². The lowest BCUT2D eigenvalue weighted by molar-refractivity contribution is -0.0338. The molecule has 0 bridgehead atoms. The first-order chi connectivity index (χ1) is 16.6. The van der Waals surface area contributed by atoms with Crippen LogP contribution in [0.4, 0.5) is 4.79 Å². The number of amides is 2. The lowest BCUT2D eigenvalue weighted by Gasteiger charge is -2.51. The second kappa shape index (κ2) is 9.82. The van der Waals surface area contributed by atoms with E-state index < -0.39 is 5.60 Å². The predicted octanol–water partition coefficient (Wildman–Crippen LogP) is 5.13. The zero-order chi connectivity index (χ0) is 25.3. The van der Waals surface area contributed by atoms with E-state index in [4.69, 9.17) is 9.47 Å². The minimum atomic E-state index is -0.408. The molecule has 0 unspecified atom stereocenters. The molecule has 1 saturated heterocycles. The van der Waals surface area contributed by atoms with Crippen molar-refractivity contribution in [1.82, 2.24) is 14.7 Å². The summed E-state index contributed by atoms with van der Waals surface area (Å²) in [5, 5.41) is 0. The first-order valence-corrected chi connectivity index (χ1v) is 12.6. The standard InChI is InChI=1S/C29H41N3O3/c1-27(2,35-6)21-32-26(33)31(20-23-12-14-25(34-5)15-13-23)22-28(32)16-18-29(19-17-28,30(3)4)24-10-8-7-9-11-24/h7-15H,16-22H2,1-6H3. The third-order valence-electron chi connectivity index (χ3n) is 8.36. The minimum absolute atomic E-state index is 0.0125. The first-order valence-electron chi connectivity index (χ1n) is 12.6. The van der Waals surface area contributed by atoms with Gasteiger partial charge in [-0.25, -0.2) is 4.79 Å². The normalized spacial score (nSPS) is 25.1. The summed E-state index contributed by atoms with van der Waals surface area (Å²) in [6.07, 6.45) is 3.95. The Bertz CT molecular complexity index is 996. The van der Waals surface area contributed by atoms with Crippen molar-refractivity contribution in [2.45, 2.75) is 62.8 Å². The van der Waals surface area contributed by atoms with Crippen LogP contribution in [0.15, 0.2) is 54.6 Å². The van der Waals surface area contributed by atoms with E-state index in [0.717, 1.165) is 43.5 Å². The Balaban J connectivity index is 1.61. The van der Waals surface area contributed by atoms with Gasteiger partial charge in [-0.15, -0.1) is 0 Å². The lowest BCUT2D eigenvalue weighted by atomic mass is 9.68. The largest absolute Gasteiger partial charge is 0.497 e. The van der Waals surface area contributed by atoms with Gasteiger partial charge in [0.05, 0.1) is 24.8 Å². The SMILES string of the molecule is COc1ccc(CN2CC3(CCC(c4ccccc4)(N(C)C)CC3)N(CC(C)(C)OC)C2=O)cc1. The van der Waals surface area contributed by atoms with Crippen LogP contribution in [-0.4, -0.2) is 73.3 Å². The molecule has 1 aliphatic heterocycles. The van der Waals surface area contributed by atoms with Gasteiger partial charge in [-0.05, 0) is 76.9 Å². The summed E-state index contributed by atoms with van der Waals surface area (Å²) in [5.74, 6) is 0.828. The van der Waals surface area contributed by atoms with Gasteiger partial charge in [0.1, 0.15) is 5.75 Å². The Hall–Kier alpha value is -2.57. The fourth-order valence-corrected chi connectivity index (χ4v) is 5.94. The molecule has 1 saturated carbocycles. The molecular weight excluding hydrogens is 438 g/mol. The van der Waals surface area contributed by atoms with E-state index in [0.29, 0.717) is 13.1 Å². The van der Waals surface area contributed by atoms with Gasteiger partial charge in [0, 0.05) is 25.7 Å². The van der Waals surface area contributed by atoms with Crippen molar-refractivity contribution in [2.75, 3.05) is 41.4 Å². The summed E-state index contributed by atoms with van der Waals surface area (Å²) in [6, 6.07) is 19.0. The number of ether oxygens (including phenoxy) is 2. The van der Waals surface area contributed by atoms with Crippen LogP contribution in [-0.2, 0) is 16.8 Å². The average molecular weight is 480 g/mol. The van der Waals surface area contributed by atoms with Crippen LogP contribution in [0, 0.1) is 0 Å². The highest BCUT2D eigenvalue weighted by Crippen LogP contribution is 2.49. The number of benzene rings is 2. The van der Waals surface area contributed by atoms with E-state index in [2.05, 4.69) is 68.1 Å². The molecule has 2 aromatic carbocycles. The van der Waals surface area contributed by atoms with Crippen molar-refractivity contribution in [1.29, 1.82) is 0 Å². The van der Waals surface area contributed by atoms with E-state index in [-0.39, 0.29) is 17.1 Å². The van der Waals surface area contributed by atoms with Crippen LogP contribution < -0.4 is 4.74 Å². The highest BCUT2D eigenvalue weighted by Gasteiger charge is 2.55. The molecule has 2 fully saturated rings. The molecule has 0 aromatic heterocycles. The molecule has 35 heavy (non-hydrogen) atoms. The minimum Gasteiger partial charge on any atom is -0.497 e. The molecule has 1 heterocycles. The van der Waals surface area contributed by atoms with E-state index in [1.54, 1.807) is 14.2 Å². The number of hydrogen-bond acceptors (Lipinski definition) is 4. The molecule has 6 nitrogen and oxygen atoms in total. The van der Waals surface area contributed by atoms with Crippen molar-refractivity contribution in [3.05, 3.63) is 65.7 Å². The highest BCUT2D eigenvalue weighted by molar-refractivity contribution is 5.78. The summed E-state index contributed by atoms with van der Waals surface area (Å²) >= 11 is 0. The molecule has 4 rings (SSSR count). The third kappa shape index (κ3) is 4.91. The number of carbonyl (C=O) groups excluding carboxylic acids is 1. The predicted molar refractivity (Wildman–Crippen MR) is 140 cm³/mol. The highest BCUT2D eigenvalue weighted by atomic mass is 16.5. The average Bonchev–Trinajstić information content (AvgIpc) is 3.10. The maximum atomic E-state index is 13.8. The van der Waals surface area contributed by atoms with Crippen molar-refractivity contribution in [3.63, 3.8) is 0 Å². The van der Waals surface area contributed by atoms with Crippen LogP contribution in [0.5, 0.6) is 5.75 Å². The molecule has 6 heteroatoms. The maximum absolute atomic E-state index is 13.8. The summed E-state index contributed by atoms with van der Waals surface area (Å²) in [4.78, 5) is 20.4. The molecule has 0 N–H and O–H groups in total. The number of urea groups is 1. The maximum Gasteiger partial charge on any atom is 0.321 e. The fraction of sp³-hybridized carbons (Fsp3) is 0.552. The Morgan fingerprint density at radius 2 is 1.57 bits per heavy atom. The number of hydrogen-bond donors (Lipinski definition) is 0. The second-order valence-corrected chi connectivity index (χ2v) is 11.1. The van der Waals surface area contributed by atoms with Crippen LogP contribution in [0.1, 0.15) is 50.7 Å². The smallest absolute Gasteiger partial charge is 0.321 e. The molecule has 1 spiro atoms. The Labute approximate surface area is 210 Å². The van der Waals surface area contributed by atoms with Crippen LogP contribution in [0.25, 0.3) is 0 Å². The van der Waals surface area contributed by atoms with E-state index in [9.17, 15) is 4.79 Å². The topological polar surface area (TPSA) is 45.2 Å². The van der Waals surface area contributed by atoms with E-state index in [1.807, 2.05) is 29.2 Å². The van der Waals surface area contributed by atoms with Gasteiger partial charge in [-0.1, -0.05) is 42.5 Å². The van der Waals surface area contributed by atoms with E-state index in [1.165, 1.54) is 5.56 Å². The number of rotatable bonds is 8. The summed E-state index contributed by atoms with van der Waals surface area (Å²) in [7, 11) is 7.78. The van der Waals surface area contributed by atoms with Gasteiger partial charge in [0.2, 0.25) is 0 Å². The monoisotopic (exact) mass is 479 g/mol. The van der Waals surface area contributed by atoms with Gasteiger partial charge in [-0.2, -0.15) is 0 Å². The number of nitrogens with zero attached hydrogens (tertiary/aromatic N) is 3. The second-order valence-electron chi connectivity index (χ2n) is 11.1. The molecule has 0 radical (unpaired) electrons. The fourth-order valence-electron chi connectivity index (χ4n) is 5.94. The molecule has 2 aromatic rings.